The fourth-order valence-electron chi connectivity index (χ4n) is 2.79. The quantitative estimate of drug-likeness (QED) is 0.667. The Hall–Kier alpha value is -0.340. The molecule has 2 heteroatoms. The van der Waals surface area contributed by atoms with Crippen LogP contribution in [0.1, 0.15) is 25.7 Å². The third-order valence-electron chi connectivity index (χ3n) is 3.46. The normalized spacial score (nSPS) is 39.3. The van der Waals surface area contributed by atoms with Crippen LogP contribution in [0, 0.1) is 5.92 Å². The maximum atomic E-state index is 5.84. The first-order valence-electron chi connectivity index (χ1n) is 5.28. The molecule has 0 amide bonds. The van der Waals surface area contributed by atoms with Crippen molar-refractivity contribution >= 4 is 0 Å². The van der Waals surface area contributed by atoms with E-state index in [-0.39, 0.29) is 0 Å². The number of rotatable bonds is 4. The van der Waals surface area contributed by atoms with Crippen molar-refractivity contribution in [2.45, 2.75) is 43.9 Å². The molecule has 2 heterocycles. The maximum Gasteiger partial charge on any atom is 0.0623 e. The van der Waals surface area contributed by atoms with Crippen LogP contribution < -0.4 is 5.32 Å². The Morgan fingerprint density at radius 1 is 1.62 bits per heavy atom. The maximum absolute atomic E-state index is 5.84. The highest BCUT2D eigenvalue weighted by Gasteiger charge is 2.43. The first-order chi connectivity index (χ1) is 6.35. The van der Waals surface area contributed by atoms with Crippen LogP contribution in [0.4, 0.5) is 0 Å². The van der Waals surface area contributed by atoms with Crippen molar-refractivity contribution in [3.05, 3.63) is 12.7 Å². The van der Waals surface area contributed by atoms with Crippen molar-refractivity contribution < 1.29 is 4.74 Å². The van der Waals surface area contributed by atoms with Crippen LogP contribution in [-0.2, 0) is 4.74 Å². The van der Waals surface area contributed by atoms with Gasteiger partial charge >= 0.3 is 0 Å². The topological polar surface area (TPSA) is 21.3 Å². The van der Waals surface area contributed by atoms with Gasteiger partial charge in [0, 0.05) is 12.0 Å². The highest BCUT2D eigenvalue weighted by molar-refractivity contribution is 4.96. The van der Waals surface area contributed by atoms with Gasteiger partial charge in [-0.25, -0.2) is 0 Å². The third kappa shape index (κ3) is 1.65. The van der Waals surface area contributed by atoms with E-state index < -0.39 is 0 Å². The molecule has 74 valence electrons. The number of nitrogens with one attached hydrogen (secondary N) is 1. The Labute approximate surface area is 80.4 Å². The molecule has 2 rings (SSSR count). The van der Waals surface area contributed by atoms with E-state index in [0.717, 1.165) is 12.3 Å². The average molecular weight is 181 g/mol. The van der Waals surface area contributed by atoms with Crippen LogP contribution in [0.3, 0.4) is 0 Å². The van der Waals surface area contributed by atoms with Crippen LogP contribution in [-0.4, -0.2) is 25.3 Å². The Kier molecular flexibility index (Phi) is 2.70. The minimum atomic E-state index is 0.530. The Morgan fingerprint density at radius 2 is 2.46 bits per heavy atom. The molecule has 2 aliphatic heterocycles. The lowest BCUT2D eigenvalue weighted by Crippen LogP contribution is -2.38. The van der Waals surface area contributed by atoms with Crippen LogP contribution in [0.25, 0.3) is 0 Å². The van der Waals surface area contributed by atoms with Gasteiger partial charge in [0.2, 0.25) is 0 Å². The Bertz CT molecular complexity index is 193. The van der Waals surface area contributed by atoms with Gasteiger partial charge in [-0.3, -0.25) is 0 Å². The van der Waals surface area contributed by atoms with Crippen molar-refractivity contribution in [2.75, 3.05) is 7.05 Å². The largest absolute Gasteiger partial charge is 0.375 e. The van der Waals surface area contributed by atoms with E-state index in [2.05, 4.69) is 11.9 Å². The summed E-state index contributed by atoms with van der Waals surface area (Å²) in [6.45, 7) is 3.80. The lowest BCUT2D eigenvalue weighted by atomic mass is 9.82. The molecule has 0 radical (unpaired) electrons. The monoisotopic (exact) mass is 181 g/mol. The molecule has 2 fully saturated rings. The van der Waals surface area contributed by atoms with Crippen molar-refractivity contribution in [3.63, 3.8) is 0 Å². The molecule has 2 saturated heterocycles. The molecule has 0 spiro atoms. The van der Waals surface area contributed by atoms with E-state index in [0.29, 0.717) is 18.2 Å². The highest BCUT2D eigenvalue weighted by Crippen LogP contribution is 2.40. The minimum absolute atomic E-state index is 0.530. The summed E-state index contributed by atoms with van der Waals surface area (Å²) in [5.74, 6) is 0.724. The molecule has 0 aromatic rings. The SMILES string of the molecule is C=CCC(NC)C1CC2CCC1O2. The van der Waals surface area contributed by atoms with Crippen LogP contribution >= 0.6 is 0 Å². The summed E-state index contributed by atoms with van der Waals surface area (Å²) in [6, 6.07) is 0.577. The molecule has 2 nitrogen and oxygen atoms in total. The predicted molar refractivity (Wildman–Crippen MR) is 53.7 cm³/mol. The molecule has 0 aromatic heterocycles. The van der Waals surface area contributed by atoms with E-state index >= 15 is 0 Å². The molecule has 1 N–H and O–H groups in total. The number of ether oxygens (including phenoxy) is 1. The second-order valence-electron chi connectivity index (χ2n) is 4.19. The smallest absolute Gasteiger partial charge is 0.0623 e. The predicted octanol–water partition coefficient (Wildman–Crippen LogP) is 1.72. The van der Waals surface area contributed by atoms with E-state index in [1.165, 1.54) is 19.3 Å². The van der Waals surface area contributed by atoms with Gasteiger partial charge < -0.3 is 10.1 Å². The number of hydrogen-bond donors (Lipinski definition) is 1. The van der Waals surface area contributed by atoms with E-state index in [1.54, 1.807) is 0 Å². The second-order valence-corrected chi connectivity index (χ2v) is 4.19. The molecular weight excluding hydrogens is 162 g/mol. The number of fused-ring (bicyclic) bond motifs is 2. The van der Waals surface area contributed by atoms with E-state index in [9.17, 15) is 0 Å². The lowest BCUT2D eigenvalue weighted by Gasteiger charge is -2.27. The molecule has 2 bridgehead atoms. The molecule has 0 saturated carbocycles. The van der Waals surface area contributed by atoms with Crippen LogP contribution in [0.5, 0.6) is 0 Å². The van der Waals surface area contributed by atoms with Gasteiger partial charge in [-0.2, -0.15) is 0 Å². The summed E-state index contributed by atoms with van der Waals surface area (Å²) in [7, 11) is 2.04. The van der Waals surface area contributed by atoms with Gasteiger partial charge in [-0.1, -0.05) is 6.08 Å². The molecule has 4 unspecified atom stereocenters. The van der Waals surface area contributed by atoms with Gasteiger partial charge in [-0.05, 0) is 32.7 Å². The van der Waals surface area contributed by atoms with Gasteiger partial charge in [0.05, 0.1) is 12.2 Å². The van der Waals surface area contributed by atoms with Crippen molar-refractivity contribution in [1.29, 1.82) is 0 Å². The van der Waals surface area contributed by atoms with Gasteiger partial charge in [-0.15, -0.1) is 6.58 Å². The van der Waals surface area contributed by atoms with Crippen LogP contribution in [0.15, 0.2) is 12.7 Å². The second kappa shape index (κ2) is 3.81. The Morgan fingerprint density at radius 3 is 2.92 bits per heavy atom. The van der Waals surface area contributed by atoms with Crippen molar-refractivity contribution in [1.82, 2.24) is 5.32 Å². The summed E-state index contributed by atoms with van der Waals surface area (Å²) in [4.78, 5) is 0. The van der Waals surface area contributed by atoms with Gasteiger partial charge in [0.15, 0.2) is 0 Å². The van der Waals surface area contributed by atoms with Gasteiger partial charge in [0.1, 0.15) is 0 Å². The molecular formula is C11H19NO. The molecule has 4 atom stereocenters. The zero-order valence-corrected chi connectivity index (χ0v) is 8.33. The average Bonchev–Trinajstić information content (AvgIpc) is 2.74. The number of hydrogen-bond acceptors (Lipinski definition) is 2. The molecule has 2 aliphatic rings. The van der Waals surface area contributed by atoms with Crippen LogP contribution in [0.2, 0.25) is 0 Å². The summed E-state index contributed by atoms with van der Waals surface area (Å²) in [5, 5.41) is 3.38. The molecule has 13 heavy (non-hydrogen) atoms. The summed E-state index contributed by atoms with van der Waals surface area (Å²) < 4.78 is 5.84. The lowest BCUT2D eigenvalue weighted by molar-refractivity contribution is 0.0865. The van der Waals surface area contributed by atoms with Crippen molar-refractivity contribution in [3.8, 4) is 0 Å². The summed E-state index contributed by atoms with van der Waals surface area (Å²) >= 11 is 0. The zero-order valence-electron chi connectivity index (χ0n) is 8.33. The van der Waals surface area contributed by atoms with Gasteiger partial charge in [0.25, 0.3) is 0 Å². The molecule has 0 aromatic carbocycles. The summed E-state index contributed by atoms with van der Waals surface area (Å²) in [5.41, 5.74) is 0. The zero-order chi connectivity index (χ0) is 9.26. The minimum Gasteiger partial charge on any atom is -0.375 e. The van der Waals surface area contributed by atoms with E-state index in [1.807, 2.05) is 13.1 Å². The fourth-order valence-corrected chi connectivity index (χ4v) is 2.79. The third-order valence-corrected chi connectivity index (χ3v) is 3.46. The van der Waals surface area contributed by atoms with E-state index in [4.69, 9.17) is 4.74 Å². The standard InChI is InChI=1S/C11H19NO/c1-3-4-10(12-2)9-7-8-5-6-11(9)13-8/h3,8-12H,1,4-7H2,2H3. The summed E-state index contributed by atoms with van der Waals surface area (Å²) in [6.07, 6.45) is 7.97. The van der Waals surface area contributed by atoms with Crippen molar-refractivity contribution in [2.24, 2.45) is 5.92 Å². The first kappa shape index (κ1) is 9.22. The Balaban J connectivity index is 1.95. The fraction of sp³-hybridized carbons (Fsp3) is 0.818. The molecule has 0 aliphatic carbocycles. The highest BCUT2D eigenvalue weighted by atomic mass is 16.5. The first-order valence-corrected chi connectivity index (χ1v) is 5.28.